The first-order valence-corrected chi connectivity index (χ1v) is 7.91. The molecule has 2 N–H and O–H groups in total. The fraction of sp³-hybridized carbons (Fsp3) is 0.176. The van der Waals surface area contributed by atoms with Crippen LogP contribution >= 0.6 is 15.9 Å². The largest absolute Gasteiger partial charge is 0.426 e. The lowest BCUT2D eigenvalue weighted by Crippen LogP contribution is -2.52. The SMILES string of the molecule is CC(O)(C(=O)Nc1ccc2c(c1)C(=O)c1cc(Br)ccc1-2)C(F)(F)F. The number of alkyl halides is 3. The zero-order valence-electron chi connectivity index (χ0n) is 12.7. The van der Waals surface area contributed by atoms with E-state index in [0.29, 0.717) is 23.6 Å². The van der Waals surface area contributed by atoms with Crippen molar-refractivity contribution in [1.82, 2.24) is 0 Å². The standard InChI is InChI=1S/C17H11BrF3NO3/c1-16(25,17(19,20)21)15(24)22-9-3-5-11-10-4-2-8(18)6-12(10)14(23)13(11)7-9/h2-7,25H,1H3,(H,22,24). The smallest absolute Gasteiger partial charge is 0.373 e. The van der Waals surface area contributed by atoms with Gasteiger partial charge in [0.2, 0.25) is 5.60 Å². The predicted molar refractivity (Wildman–Crippen MR) is 88.3 cm³/mol. The van der Waals surface area contributed by atoms with Crippen molar-refractivity contribution >= 4 is 33.3 Å². The molecule has 1 atom stereocenters. The molecule has 3 rings (SSSR count). The van der Waals surface area contributed by atoms with E-state index in [-0.39, 0.29) is 17.0 Å². The van der Waals surface area contributed by atoms with Crippen molar-refractivity contribution < 1.29 is 27.9 Å². The van der Waals surface area contributed by atoms with E-state index in [2.05, 4.69) is 15.9 Å². The number of halogens is 4. The van der Waals surface area contributed by atoms with E-state index in [1.54, 1.807) is 24.3 Å². The maximum atomic E-state index is 12.7. The van der Waals surface area contributed by atoms with Gasteiger partial charge < -0.3 is 10.4 Å². The molecule has 8 heteroatoms. The van der Waals surface area contributed by atoms with Crippen molar-refractivity contribution in [2.45, 2.75) is 18.7 Å². The monoisotopic (exact) mass is 413 g/mol. The van der Waals surface area contributed by atoms with Crippen molar-refractivity contribution in [2.75, 3.05) is 5.32 Å². The van der Waals surface area contributed by atoms with Crippen molar-refractivity contribution in [1.29, 1.82) is 0 Å². The highest BCUT2D eigenvalue weighted by Crippen LogP contribution is 2.39. The zero-order chi connectivity index (χ0) is 18.6. The molecule has 0 aromatic heterocycles. The summed E-state index contributed by atoms with van der Waals surface area (Å²) in [6.07, 6.45) is -5.12. The van der Waals surface area contributed by atoms with Gasteiger partial charge in [-0.3, -0.25) is 9.59 Å². The molecule has 0 spiro atoms. The minimum Gasteiger partial charge on any atom is -0.373 e. The number of ketones is 1. The lowest BCUT2D eigenvalue weighted by Gasteiger charge is -2.24. The molecule has 0 bridgehead atoms. The first-order chi connectivity index (χ1) is 11.5. The van der Waals surface area contributed by atoms with E-state index in [0.717, 1.165) is 4.47 Å². The van der Waals surface area contributed by atoms with Crippen LogP contribution in [0.25, 0.3) is 11.1 Å². The van der Waals surface area contributed by atoms with Crippen molar-refractivity contribution in [3.05, 3.63) is 52.0 Å². The molecule has 1 aliphatic carbocycles. The number of aliphatic hydroxyl groups is 1. The van der Waals surface area contributed by atoms with Gasteiger partial charge >= 0.3 is 6.18 Å². The predicted octanol–water partition coefficient (Wildman–Crippen LogP) is 3.91. The topological polar surface area (TPSA) is 66.4 Å². The molecular weight excluding hydrogens is 403 g/mol. The van der Waals surface area contributed by atoms with Crippen molar-refractivity contribution in [2.24, 2.45) is 0 Å². The number of benzene rings is 2. The molecule has 0 saturated heterocycles. The number of fused-ring (bicyclic) bond motifs is 3. The number of amides is 1. The molecule has 0 radical (unpaired) electrons. The average Bonchev–Trinajstić information content (AvgIpc) is 2.78. The van der Waals surface area contributed by atoms with Gasteiger partial charge in [-0.1, -0.05) is 28.1 Å². The molecule has 2 aromatic rings. The number of nitrogens with one attached hydrogen (secondary N) is 1. The van der Waals surface area contributed by atoms with E-state index in [4.69, 9.17) is 0 Å². The molecule has 1 amide bonds. The number of hydrogen-bond acceptors (Lipinski definition) is 3. The Kier molecular flexibility index (Phi) is 4.00. The summed E-state index contributed by atoms with van der Waals surface area (Å²) in [6, 6.07) is 9.42. The molecular formula is C17H11BrF3NO3. The average molecular weight is 414 g/mol. The third kappa shape index (κ3) is 2.85. The van der Waals surface area contributed by atoms with Crippen LogP contribution in [0.3, 0.4) is 0 Å². The van der Waals surface area contributed by atoms with Gasteiger partial charge in [-0.05, 0) is 42.3 Å². The highest BCUT2D eigenvalue weighted by atomic mass is 79.9. The molecule has 130 valence electrons. The molecule has 0 heterocycles. The van der Waals surface area contributed by atoms with Crippen molar-refractivity contribution in [3.63, 3.8) is 0 Å². The van der Waals surface area contributed by atoms with Gasteiger partial charge in [0.25, 0.3) is 5.91 Å². The molecule has 0 saturated carbocycles. The number of hydrogen-bond donors (Lipinski definition) is 2. The lowest BCUT2D eigenvalue weighted by atomic mass is 10.0. The second-order valence-corrected chi connectivity index (χ2v) is 6.72. The van der Waals surface area contributed by atoms with Gasteiger partial charge in [0, 0.05) is 21.3 Å². The Morgan fingerprint density at radius 3 is 2.20 bits per heavy atom. The Balaban J connectivity index is 1.93. The third-order valence-electron chi connectivity index (χ3n) is 4.03. The van der Waals surface area contributed by atoms with Crippen molar-refractivity contribution in [3.8, 4) is 11.1 Å². The van der Waals surface area contributed by atoms with Gasteiger partial charge in [-0.15, -0.1) is 0 Å². The molecule has 4 nitrogen and oxygen atoms in total. The van der Waals surface area contributed by atoms with Crippen LogP contribution in [0.2, 0.25) is 0 Å². The van der Waals surface area contributed by atoms with E-state index >= 15 is 0 Å². The normalized spacial score (nSPS) is 15.4. The van der Waals surface area contributed by atoms with Gasteiger partial charge in [0.1, 0.15) is 0 Å². The van der Waals surface area contributed by atoms with Crippen LogP contribution < -0.4 is 5.32 Å². The number of rotatable bonds is 2. The summed E-state index contributed by atoms with van der Waals surface area (Å²) in [5.41, 5.74) is -1.46. The Morgan fingerprint density at radius 2 is 1.60 bits per heavy atom. The van der Waals surface area contributed by atoms with E-state index in [1.165, 1.54) is 12.1 Å². The molecule has 0 aliphatic heterocycles. The van der Waals surface area contributed by atoms with Crippen LogP contribution in [0.4, 0.5) is 18.9 Å². The van der Waals surface area contributed by atoms with Crippen LogP contribution in [0, 0.1) is 0 Å². The fourth-order valence-electron chi connectivity index (χ4n) is 2.51. The first-order valence-electron chi connectivity index (χ1n) is 7.11. The number of anilines is 1. The summed E-state index contributed by atoms with van der Waals surface area (Å²) in [4.78, 5) is 24.2. The Hall–Kier alpha value is -2.19. The summed E-state index contributed by atoms with van der Waals surface area (Å²) < 4.78 is 38.9. The quantitative estimate of drug-likeness (QED) is 0.669. The molecule has 1 aliphatic rings. The zero-order valence-corrected chi connectivity index (χ0v) is 14.3. The summed E-state index contributed by atoms with van der Waals surface area (Å²) in [7, 11) is 0. The van der Waals surface area contributed by atoms with Crippen LogP contribution in [-0.2, 0) is 4.79 Å². The van der Waals surface area contributed by atoms with Crippen LogP contribution in [0.5, 0.6) is 0 Å². The molecule has 0 fully saturated rings. The molecule has 1 unspecified atom stereocenters. The van der Waals surface area contributed by atoms with Gasteiger partial charge in [0.05, 0.1) is 0 Å². The summed E-state index contributed by atoms with van der Waals surface area (Å²) in [6.45, 7) is 0.369. The summed E-state index contributed by atoms with van der Waals surface area (Å²) in [5.74, 6) is -1.91. The minimum atomic E-state index is -5.12. The second kappa shape index (κ2) is 5.67. The molecule has 2 aromatic carbocycles. The number of carbonyl (C=O) groups excluding carboxylic acids is 2. The summed E-state index contributed by atoms with van der Waals surface area (Å²) in [5, 5.41) is 11.4. The highest BCUT2D eigenvalue weighted by molar-refractivity contribution is 9.10. The Labute approximate surface area is 148 Å². The molecule has 25 heavy (non-hydrogen) atoms. The van der Waals surface area contributed by atoms with Crippen LogP contribution in [0.1, 0.15) is 22.8 Å². The van der Waals surface area contributed by atoms with Gasteiger partial charge in [-0.25, -0.2) is 0 Å². The van der Waals surface area contributed by atoms with Gasteiger partial charge in [0.15, 0.2) is 5.78 Å². The van der Waals surface area contributed by atoms with E-state index < -0.39 is 17.7 Å². The highest BCUT2D eigenvalue weighted by Gasteiger charge is 2.55. The third-order valence-corrected chi connectivity index (χ3v) is 4.53. The Bertz CT molecular complexity index is 906. The minimum absolute atomic E-state index is 0.00602. The summed E-state index contributed by atoms with van der Waals surface area (Å²) >= 11 is 3.28. The van der Waals surface area contributed by atoms with Crippen LogP contribution in [-0.4, -0.2) is 28.6 Å². The fourth-order valence-corrected chi connectivity index (χ4v) is 2.87. The second-order valence-electron chi connectivity index (χ2n) is 5.80. The maximum Gasteiger partial charge on any atom is 0.426 e. The van der Waals surface area contributed by atoms with E-state index in [1.807, 2.05) is 5.32 Å². The first kappa shape index (κ1) is 17.6. The lowest BCUT2D eigenvalue weighted by molar-refractivity contribution is -0.242. The Morgan fingerprint density at radius 1 is 1.04 bits per heavy atom. The number of carbonyl (C=O) groups is 2. The van der Waals surface area contributed by atoms with Crippen LogP contribution in [0.15, 0.2) is 40.9 Å². The van der Waals surface area contributed by atoms with E-state index in [9.17, 15) is 27.9 Å². The van der Waals surface area contributed by atoms with Gasteiger partial charge in [-0.2, -0.15) is 13.2 Å². The maximum absolute atomic E-state index is 12.7.